The van der Waals surface area contributed by atoms with E-state index in [-0.39, 0.29) is 23.8 Å². The van der Waals surface area contributed by atoms with Crippen LogP contribution in [-0.4, -0.2) is 37.7 Å². The molecule has 1 saturated heterocycles. The third kappa shape index (κ3) is 6.61. The Kier molecular flexibility index (Phi) is 8.93. The standard InChI is InChI=1S/C29H26BrClN2O6/c1-4-37-25-16-19(15-24(31)26(25)39-12-11-38-22-10-5-17(2)18(3)13-22)14-23-27(34)32-29(36)33(28(23)35)21-8-6-20(30)7-9-21/h5-10,13-16H,4,11-12H2,1-3H3,(H,32,34,36)/b23-14-. The number of nitrogens with zero attached hydrogens (tertiary/aromatic N) is 1. The lowest BCUT2D eigenvalue weighted by Gasteiger charge is -2.26. The molecule has 1 N–H and O–H groups in total. The highest BCUT2D eigenvalue weighted by Crippen LogP contribution is 2.37. The lowest BCUT2D eigenvalue weighted by Crippen LogP contribution is -2.54. The fourth-order valence-corrected chi connectivity index (χ4v) is 4.37. The van der Waals surface area contributed by atoms with Crippen molar-refractivity contribution in [1.82, 2.24) is 5.32 Å². The zero-order valence-electron chi connectivity index (χ0n) is 21.5. The van der Waals surface area contributed by atoms with Crippen molar-refractivity contribution in [2.75, 3.05) is 24.7 Å². The molecule has 3 aromatic rings. The molecule has 8 nitrogen and oxygen atoms in total. The second kappa shape index (κ2) is 12.4. The van der Waals surface area contributed by atoms with Gasteiger partial charge in [0.05, 0.1) is 17.3 Å². The monoisotopic (exact) mass is 612 g/mol. The first kappa shape index (κ1) is 28.2. The maximum Gasteiger partial charge on any atom is 0.335 e. The van der Waals surface area contributed by atoms with Gasteiger partial charge in [-0.1, -0.05) is 33.6 Å². The van der Waals surface area contributed by atoms with E-state index >= 15 is 0 Å². The van der Waals surface area contributed by atoms with E-state index in [2.05, 4.69) is 21.2 Å². The average Bonchev–Trinajstić information content (AvgIpc) is 2.89. The van der Waals surface area contributed by atoms with Gasteiger partial charge in [0.2, 0.25) is 0 Å². The summed E-state index contributed by atoms with van der Waals surface area (Å²) in [6, 6.07) is 14.8. The van der Waals surface area contributed by atoms with Crippen molar-refractivity contribution in [2.24, 2.45) is 0 Å². The number of amides is 4. The molecule has 0 spiro atoms. The highest BCUT2D eigenvalue weighted by Gasteiger charge is 2.36. The third-order valence-electron chi connectivity index (χ3n) is 5.91. The van der Waals surface area contributed by atoms with Crippen LogP contribution in [0.1, 0.15) is 23.6 Å². The molecular formula is C29H26BrClN2O6. The average molecular weight is 614 g/mol. The molecule has 0 aromatic heterocycles. The minimum atomic E-state index is -0.829. The number of halogens is 2. The minimum Gasteiger partial charge on any atom is -0.490 e. The van der Waals surface area contributed by atoms with Gasteiger partial charge in [0.15, 0.2) is 11.5 Å². The van der Waals surface area contributed by atoms with Crippen molar-refractivity contribution in [1.29, 1.82) is 0 Å². The van der Waals surface area contributed by atoms with Crippen molar-refractivity contribution in [3.8, 4) is 17.2 Å². The summed E-state index contributed by atoms with van der Waals surface area (Å²) < 4.78 is 18.2. The first-order chi connectivity index (χ1) is 18.7. The number of carbonyl (C=O) groups excluding carboxylic acids is 3. The zero-order chi connectivity index (χ0) is 28.1. The van der Waals surface area contributed by atoms with Gasteiger partial charge in [0.25, 0.3) is 11.8 Å². The van der Waals surface area contributed by atoms with Crippen LogP contribution in [0.5, 0.6) is 17.2 Å². The van der Waals surface area contributed by atoms with Gasteiger partial charge < -0.3 is 14.2 Å². The predicted molar refractivity (Wildman–Crippen MR) is 153 cm³/mol. The fourth-order valence-electron chi connectivity index (χ4n) is 3.83. The van der Waals surface area contributed by atoms with Crippen LogP contribution in [0, 0.1) is 13.8 Å². The lowest BCUT2D eigenvalue weighted by molar-refractivity contribution is -0.122. The number of hydrogen-bond donors (Lipinski definition) is 1. The van der Waals surface area contributed by atoms with E-state index in [9.17, 15) is 14.4 Å². The van der Waals surface area contributed by atoms with E-state index in [0.29, 0.717) is 29.4 Å². The molecule has 0 saturated carbocycles. The van der Waals surface area contributed by atoms with Crippen molar-refractivity contribution in [3.05, 3.63) is 86.4 Å². The molecule has 0 atom stereocenters. The number of ether oxygens (including phenoxy) is 3. The summed E-state index contributed by atoms with van der Waals surface area (Å²) in [5.41, 5.74) is 2.83. The molecule has 3 aromatic carbocycles. The lowest BCUT2D eigenvalue weighted by atomic mass is 10.1. The van der Waals surface area contributed by atoms with Crippen LogP contribution in [0.15, 0.2) is 64.6 Å². The maximum atomic E-state index is 13.2. The van der Waals surface area contributed by atoms with Crippen LogP contribution >= 0.6 is 27.5 Å². The topological polar surface area (TPSA) is 94.2 Å². The number of imide groups is 2. The SMILES string of the molecule is CCOc1cc(/C=C2/C(=O)NC(=O)N(c3ccc(Br)cc3)C2=O)cc(Cl)c1OCCOc1ccc(C)c(C)c1. The number of nitrogens with one attached hydrogen (secondary N) is 1. The molecule has 1 aliphatic rings. The van der Waals surface area contributed by atoms with Crippen molar-refractivity contribution in [2.45, 2.75) is 20.8 Å². The number of carbonyl (C=O) groups is 3. The molecule has 1 aliphatic heterocycles. The summed E-state index contributed by atoms with van der Waals surface area (Å²) in [7, 11) is 0. The number of aryl methyl sites for hydroxylation is 2. The molecule has 202 valence electrons. The summed E-state index contributed by atoms with van der Waals surface area (Å²) in [6.07, 6.45) is 1.36. The third-order valence-corrected chi connectivity index (χ3v) is 6.72. The van der Waals surface area contributed by atoms with Crippen molar-refractivity contribution < 1.29 is 28.6 Å². The Hall–Kier alpha value is -3.82. The van der Waals surface area contributed by atoms with Gasteiger partial charge >= 0.3 is 6.03 Å². The smallest absolute Gasteiger partial charge is 0.335 e. The van der Waals surface area contributed by atoms with Gasteiger partial charge in [-0.25, -0.2) is 9.69 Å². The number of barbiturate groups is 1. The number of anilines is 1. The second-order valence-electron chi connectivity index (χ2n) is 8.64. The van der Waals surface area contributed by atoms with E-state index < -0.39 is 17.8 Å². The molecule has 1 heterocycles. The second-order valence-corrected chi connectivity index (χ2v) is 9.96. The van der Waals surface area contributed by atoms with Gasteiger partial charge in [0, 0.05) is 4.47 Å². The molecule has 4 amide bonds. The van der Waals surface area contributed by atoms with Crippen LogP contribution < -0.4 is 24.4 Å². The molecule has 0 unspecified atom stereocenters. The van der Waals surface area contributed by atoms with Gasteiger partial charge in [0.1, 0.15) is 24.5 Å². The zero-order valence-corrected chi connectivity index (χ0v) is 23.9. The molecule has 4 rings (SSSR count). The molecule has 39 heavy (non-hydrogen) atoms. The first-order valence-corrected chi connectivity index (χ1v) is 13.3. The fraction of sp³-hybridized carbons (Fsp3) is 0.207. The largest absolute Gasteiger partial charge is 0.490 e. The quantitative estimate of drug-likeness (QED) is 0.174. The highest BCUT2D eigenvalue weighted by atomic mass is 79.9. The molecule has 1 fully saturated rings. The Morgan fingerprint density at radius 1 is 0.923 bits per heavy atom. The van der Waals surface area contributed by atoms with Crippen molar-refractivity contribution in [3.63, 3.8) is 0 Å². The van der Waals surface area contributed by atoms with E-state index in [0.717, 1.165) is 20.7 Å². The number of rotatable bonds is 9. The van der Waals surface area contributed by atoms with Crippen molar-refractivity contribution >= 4 is 57.1 Å². The highest BCUT2D eigenvalue weighted by molar-refractivity contribution is 9.10. The molecule has 10 heteroatoms. The van der Waals surface area contributed by atoms with Gasteiger partial charge in [-0.3, -0.25) is 14.9 Å². The normalized spacial score (nSPS) is 14.4. The van der Waals surface area contributed by atoms with Crippen LogP contribution in [0.3, 0.4) is 0 Å². The predicted octanol–water partition coefficient (Wildman–Crippen LogP) is 6.24. The Bertz CT molecular complexity index is 1450. The Morgan fingerprint density at radius 3 is 2.33 bits per heavy atom. The summed E-state index contributed by atoms with van der Waals surface area (Å²) in [5.74, 6) is -0.172. The molecule has 0 radical (unpaired) electrons. The summed E-state index contributed by atoms with van der Waals surface area (Å²) >= 11 is 9.85. The van der Waals surface area contributed by atoms with Gasteiger partial charge in [-0.05, 0) is 92.1 Å². The van der Waals surface area contributed by atoms with Crippen LogP contribution in [0.2, 0.25) is 5.02 Å². The molecular weight excluding hydrogens is 588 g/mol. The first-order valence-electron chi connectivity index (χ1n) is 12.1. The van der Waals surface area contributed by atoms with Gasteiger partial charge in [-0.15, -0.1) is 0 Å². The minimum absolute atomic E-state index is 0.207. The number of urea groups is 1. The Labute approximate surface area is 239 Å². The Balaban J connectivity index is 1.54. The van der Waals surface area contributed by atoms with Gasteiger partial charge in [-0.2, -0.15) is 0 Å². The maximum absolute atomic E-state index is 13.2. The van der Waals surface area contributed by atoms with E-state index in [4.69, 9.17) is 25.8 Å². The molecule has 0 aliphatic carbocycles. The summed E-state index contributed by atoms with van der Waals surface area (Å²) in [4.78, 5) is 39.1. The number of benzene rings is 3. The summed E-state index contributed by atoms with van der Waals surface area (Å²) in [5, 5.41) is 2.43. The van der Waals surface area contributed by atoms with E-state index in [1.54, 1.807) is 36.4 Å². The van der Waals surface area contributed by atoms with Crippen LogP contribution in [0.4, 0.5) is 10.5 Å². The summed E-state index contributed by atoms with van der Waals surface area (Å²) in [6.45, 7) is 6.68. The van der Waals surface area contributed by atoms with Crippen LogP contribution in [0.25, 0.3) is 6.08 Å². The Morgan fingerprint density at radius 2 is 1.64 bits per heavy atom. The van der Waals surface area contributed by atoms with E-state index in [1.165, 1.54) is 11.6 Å². The van der Waals surface area contributed by atoms with Crippen LogP contribution in [-0.2, 0) is 9.59 Å². The van der Waals surface area contributed by atoms with E-state index in [1.807, 2.05) is 39.0 Å². The molecule has 0 bridgehead atoms. The number of hydrogen-bond acceptors (Lipinski definition) is 6.